The standard InChI is InChI=1S/C20H30N2O4/c1-14-7-6-9-16(15(14)2)22-19(23)13-26-20(24)11-12-21-17-8-4-5-10-18(17)25-3/h4-5,8,10,14-16,21H,6-7,9,11-13H2,1-3H3,(H,22,23)/t14-,15-,16+/m0/s1. The second kappa shape index (κ2) is 10.0. The summed E-state index contributed by atoms with van der Waals surface area (Å²) >= 11 is 0. The summed E-state index contributed by atoms with van der Waals surface area (Å²) in [5.41, 5.74) is 0.820. The highest BCUT2D eigenvalue weighted by Gasteiger charge is 2.28. The van der Waals surface area contributed by atoms with Gasteiger partial charge in [-0.2, -0.15) is 0 Å². The minimum absolute atomic E-state index is 0.178. The van der Waals surface area contributed by atoms with Crippen LogP contribution in [0.2, 0.25) is 0 Å². The molecule has 0 aliphatic heterocycles. The Bertz CT molecular complexity index is 605. The van der Waals surface area contributed by atoms with Crippen LogP contribution in [0.3, 0.4) is 0 Å². The Morgan fingerprint density at radius 3 is 2.73 bits per heavy atom. The lowest BCUT2D eigenvalue weighted by molar-refractivity contribution is -0.148. The molecular formula is C20H30N2O4. The van der Waals surface area contributed by atoms with E-state index in [-0.39, 0.29) is 25.0 Å². The van der Waals surface area contributed by atoms with Gasteiger partial charge in [0.2, 0.25) is 0 Å². The Balaban J connectivity index is 1.66. The molecule has 1 saturated carbocycles. The third-order valence-corrected chi connectivity index (χ3v) is 5.17. The van der Waals surface area contributed by atoms with E-state index in [4.69, 9.17) is 9.47 Å². The van der Waals surface area contributed by atoms with E-state index in [1.807, 2.05) is 24.3 Å². The zero-order valence-corrected chi connectivity index (χ0v) is 15.9. The van der Waals surface area contributed by atoms with E-state index in [9.17, 15) is 9.59 Å². The molecule has 1 aromatic rings. The molecule has 1 fully saturated rings. The number of nitrogens with one attached hydrogen (secondary N) is 2. The van der Waals surface area contributed by atoms with Crippen LogP contribution >= 0.6 is 0 Å². The van der Waals surface area contributed by atoms with Crippen molar-refractivity contribution in [2.24, 2.45) is 11.8 Å². The summed E-state index contributed by atoms with van der Waals surface area (Å²) in [4.78, 5) is 23.9. The Hall–Kier alpha value is -2.24. The van der Waals surface area contributed by atoms with Crippen molar-refractivity contribution >= 4 is 17.6 Å². The molecule has 0 radical (unpaired) electrons. The number of ether oxygens (including phenoxy) is 2. The lowest BCUT2D eigenvalue weighted by Crippen LogP contribution is -2.45. The van der Waals surface area contributed by atoms with Crippen LogP contribution in [-0.2, 0) is 14.3 Å². The van der Waals surface area contributed by atoms with Crippen LogP contribution in [-0.4, -0.2) is 38.2 Å². The van der Waals surface area contributed by atoms with Crippen molar-refractivity contribution in [2.45, 2.75) is 45.6 Å². The van der Waals surface area contributed by atoms with Crippen molar-refractivity contribution in [1.82, 2.24) is 5.32 Å². The summed E-state index contributed by atoms with van der Waals surface area (Å²) in [5.74, 6) is 1.16. The quantitative estimate of drug-likeness (QED) is 0.695. The molecule has 0 unspecified atom stereocenters. The van der Waals surface area contributed by atoms with Crippen LogP contribution in [0.4, 0.5) is 5.69 Å². The lowest BCUT2D eigenvalue weighted by atomic mass is 9.78. The first-order valence-corrected chi connectivity index (χ1v) is 9.33. The SMILES string of the molecule is COc1ccccc1NCCC(=O)OCC(=O)N[C@@H]1CCC[C@H](C)[C@@H]1C. The third-order valence-electron chi connectivity index (χ3n) is 5.17. The molecule has 26 heavy (non-hydrogen) atoms. The summed E-state index contributed by atoms with van der Waals surface area (Å²) in [5, 5.41) is 6.14. The molecule has 6 nitrogen and oxygen atoms in total. The van der Waals surface area contributed by atoms with Crippen molar-refractivity contribution in [3.63, 3.8) is 0 Å². The van der Waals surface area contributed by atoms with Gasteiger partial charge in [0.05, 0.1) is 19.2 Å². The number of hydrogen-bond acceptors (Lipinski definition) is 5. The van der Waals surface area contributed by atoms with Crippen molar-refractivity contribution < 1.29 is 19.1 Å². The summed E-state index contributed by atoms with van der Waals surface area (Å²) < 4.78 is 10.3. The number of rotatable bonds is 8. The van der Waals surface area contributed by atoms with E-state index in [0.29, 0.717) is 18.4 Å². The largest absolute Gasteiger partial charge is 0.495 e. The lowest BCUT2D eigenvalue weighted by Gasteiger charge is -2.34. The highest BCUT2D eigenvalue weighted by atomic mass is 16.5. The number of carbonyl (C=O) groups excluding carboxylic acids is 2. The zero-order chi connectivity index (χ0) is 18.9. The summed E-state index contributed by atoms with van der Waals surface area (Å²) in [6.45, 7) is 4.59. The molecule has 1 aliphatic rings. The van der Waals surface area contributed by atoms with E-state index in [1.165, 1.54) is 6.42 Å². The fourth-order valence-corrected chi connectivity index (χ4v) is 3.34. The summed E-state index contributed by atoms with van der Waals surface area (Å²) in [6, 6.07) is 7.67. The molecule has 2 N–H and O–H groups in total. The number of esters is 1. The Morgan fingerprint density at radius 2 is 1.96 bits per heavy atom. The number of para-hydroxylation sites is 2. The normalized spacial score (nSPS) is 22.3. The highest BCUT2D eigenvalue weighted by molar-refractivity contribution is 5.80. The van der Waals surface area contributed by atoms with E-state index in [1.54, 1.807) is 7.11 Å². The van der Waals surface area contributed by atoms with Gasteiger partial charge in [0, 0.05) is 12.6 Å². The smallest absolute Gasteiger partial charge is 0.308 e. The van der Waals surface area contributed by atoms with Crippen molar-refractivity contribution in [3.05, 3.63) is 24.3 Å². The summed E-state index contributed by atoms with van der Waals surface area (Å²) in [7, 11) is 1.60. The van der Waals surface area contributed by atoms with Gasteiger partial charge in [-0.3, -0.25) is 9.59 Å². The van der Waals surface area contributed by atoms with Gasteiger partial charge >= 0.3 is 5.97 Å². The topological polar surface area (TPSA) is 76.7 Å². The molecule has 0 spiro atoms. The average Bonchev–Trinajstić information content (AvgIpc) is 2.64. The Morgan fingerprint density at radius 1 is 1.19 bits per heavy atom. The molecule has 2 rings (SSSR count). The minimum atomic E-state index is -0.396. The highest BCUT2D eigenvalue weighted by Crippen LogP contribution is 2.29. The van der Waals surface area contributed by atoms with Gasteiger partial charge in [0.15, 0.2) is 6.61 Å². The maximum absolute atomic E-state index is 12.0. The van der Waals surface area contributed by atoms with Crippen LogP contribution < -0.4 is 15.4 Å². The predicted molar refractivity (Wildman–Crippen MR) is 101 cm³/mol. The van der Waals surface area contributed by atoms with Gasteiger partial charge < -0.3 is 20.1 Å². The fourth-order valence-electron chi connectivity index (χ4n) is 3.34. The molecule has 0 heterocycles. The van der Waals surface area contributed by atoms with Gasteiger partial charge in [-0.1, -0.05) is 38.8 Å². The third kappa shape index (κ3) is 5.93. The van der Waals surface area contributed by atoms with E-state index < -0.39 is 5.97 Å². The molecule has 0 saturated heterocycles. The number of hydrogen-bond donors (Lipinski definition) is 2. The molecule has 1 aromatic carbocycles. The van der Waals surface area contributed by atoms with Crippen LogP contribution in [0.1, 0.15) is 39.5 Å². The molecule has 144 valence electrons. The second-order valence-electron chi connectivity index (χ2n) is 6.98. The number of carbonyl (C=O) groups is 2. The first-order chi connectivity index (χ1) is 12.5. The van der Waals surface area contributed by atoms with Gasteiger partial charge in [-0.15, -0.1) is 0 Å². The molecule has 1 amide bonds. The summed E-state index contributed by atoms with van der Waals surface area (Å²) in [6.07, 6.45) is 3.52. The number of amides is 1. The van der Waals surface area contributed by atoms with Crippen LogP contribution in [0.15, 0.2) is 24.3 Å². The molecule has 6 heteroatoms. The van der Waals surface area contributed by atoms with Crippen LogP contribution in [0.5, 0.6) is 5.75 Å². The Kier molecular flexibility index (Phi) is 7.75. The van der Waals surface area contributed by atoms with Gasteiger partial charge in [0.1, 0.15) is 5.75 Å². The van der Waals surface area contributed by atoms with Crippen molar-refractivity contribution in [2.75, 3.05) is 25.6 Å². The maximum Gasteiger partial charge on any atom is 0.308 e. The van der Waals surface area contributed by atoms with Gasteiger partial charge in [-0.25, -0.2) is 0 Å². The minimum Gasteiger partial charge on any atom is -0.495 e. The Labute approximate surface area is 155 Å². The van der Waals surface area contributed by atoms with E-state index in [2.05, 4.69) is 24.5 Å². The second-order valence-corrected chi connectivity index (χ2v) is 6.98. The monoisotopic (exact) mass is 362 g/mol. The van der Waals surface area contributed by atoms with Gasteiger partial charge in [0.25, 0.3) is 5.91 Å². The molecule has 3 atom stereocenters. The first-order valence-electron chi connectivity index (χ1n) is 9.33. The average molecular weight is 362 g/mol. The number of benzene rings is 1. The number of methoxy groups -OCH3 is 1. The molecule has 0 bridgehead atoms. The van der Waals surface area contributed by atoms with Crippen LogP contribution in [0, 0.1) is 11.8 Å². The van der Waals surface area contributed by atoms with Crippen molar-refractivity contribution in [1.29, 1.82) is 0 Å². The first kappa shape index (κ1) is 20.1. The fraction of sp³-hybridized carbons (Fsp3) is 0.600. The van der Waals surface area contributed by atoms with Gasteiger partial charge in [-0.05, 0) is 30.4 Å². The van der Waals surface area contributed by atoms with E-state index >= 15 is 0 Å². The molecule has 0 aromatic heterocycles. The predicted octanol–water partition coefficient (Wildman–Crippen LogP) is 2.98. The maximum atomic E-state index is 12.0. The molecule has 1 aliphatic carbocycles. The number of anilines is 1. The van der Waals surface area contributed by atoms with Crippen molar-refractivity contribution in [3.8, 4) is 5.75 Å². The zero-order valence-electron chi connectivity index (χ0n) is 15.9. The van der Waals surface area contributed by atoms with Crippen LogP contribution in [0.25, 0.3) is 0 Å². The van der Waals surface area contributed by atoms with E-state index in [0.717, 1.165) is 24.3 Å². The molecular weight excluding hydrogens is 332 g/mol.